The Morgan fingerprint density at radius 3 is 2.70 bits per heavy atom. The zero-order valence-electron chi connectivity index (χ0n) is 5.63. The van der Waals surface area contributed by atoms with E-state index in [0.717, 1.165) is 22.2 Å². The largest absolute Gasteiger partial charge is 0.385 e. The Balaban J connectivity index is 3.14. The van der Waals surface area contributed by atoms with Gasteiger partial charge in [0.15, 0.2) is 0 Å². The van der Waals surface area contributed by atoms with Crippen molar-refractivity contribution in [2.45, 2.75) is 6.92 Å². The first kappa shape index (κ1) is 7.76. The zero-order chi connectivity index (χ0) is 7.56. The average Bonchev–Trinajstić information content (AvgIpc) is 1.95. The zero-order valence-corrected chi connectivity index (χ0v) is 7.22. The molecule has 0 heterocycles. The molecule has 1 rings (SSSR count). The fourth-order valence-electron chi connectivity index (χ4n) is 0.764. The third kappa shape index (κ3) is 1.39. The summed E-state index contributed by atoms with van der Waals surface area (Å²) in [6.45, 7) is 3.06. The molecule has 0 saturated heterocycles. The minimum absolute atomic E-state index is 0.856. The summed E-state index contributed by atoms with van der Waals surface area (Å²) in [4.78, 5) is 0. The van der Waals surface area contributed by atoms with Gasteiger partial charge in [-0.25, -0.2) is 0 Å². The molecular formula is C8H8BrO. The average molecular weight is 200 g/mol. The van der Waals surface area contributed by atoms with Gasteiger partial charge in [-0.15, -0.1) is 0 Å². The van der Waals surface area contributed by atoms with E-state index < -0.39 is 0 Å². The molecular weight excluding hydrogens is 192 g/mol. The van der Waals surface area contributed by atoms with Gasteiger partial charge in [-0.3, -0.25) is 0 Å². The van der Waals surface area contributed by atoms with Gasteiger partial charge in [0.1, 0.15) is 6.61 Å². The Morgan fingerprint density at radius 2 is 2.20 bits per heavy atom. The third-order valence-corrected chi connectivity index (χ3v) is 2.31. The van der Waals surface area contributed by atoms with Crippen molar-refractivity contribution in [3.63, 3.8) is 0 Å². The lowest BCUT2D eigenvalue weighted by Gasteiger charge is -2.01. The maximum Gasteiger partial charge on any atom is 0.109 e. The van der Waals surface area contributed by atoms with E-state index in [2.05, 4.69) is 15.9 Å². The van der Waals surface area contributed by atoms with E-state index in [1.165, 1.54) is 0 Å². The Morgan fingerprint density at radius 1 is 1.50 bits per heavy atom. The van der Waals surface area contributed by atoms with E-state index in [4.69, 9.17) is 5.11 Å². The van der Waals surface area contributed by atoms with Crippen LogP contribution in [0.1, 0.15) is 11.1 Å². The molecule has 53 valence electrons. The minimum atomic E-state index is 0.856. The summed E-state index contributed by atoms with van der Waals surface area (Å²) in [6.07, 6.45) is 0. The van der Waals surface area contributed by atoms with Crippen molar-refractivity contribution in [2.24, 2.45) is 0 Å². The van der Waals surface area contributed by atoms with Crippen molar-refractivity contribution in [3.8, 4) is 0 Å². The summed E-state index contributed by atoms with van der Waals surface area (Å²) in [5.41, 5.74) is 1.92. The van der Waals surface area contributed by atoms with E-state index in [-0.39, 0.29) is 0 Å². The number of rotatable bonds is 1. The van der Waals surface area contributed by atoms with Crippen LogP contribution < -0.4 is 0 Å². The predicted octanol–water partition coefficient (Wildman–Crippen LogP) is 2.64. The number of aliphatic hydroxyl groups excluding tert-OH is 1. The fraction of sp³-hybridized carbons (Fsp3) is 0.125. The molecule has 0 bridgehead atoms. The monoisotopic (exact) mass is 199 g/mol. The van der Waals surface area contributed by atoms with Crippen molar-refractivity contribution >= 4 is 15.9 Å². The van der Waals surface area contributed by atoms with Gasteiger partial charge in [-0.1, -0.05) is 28.1 Å². The van der Waals surface area contributed by atoms with Gasteiger partial charge in [0.25, 0.3) is 0 Å². The van der Waals surface area contributed by atoms with Gasteiger partial charge < -0.3 is 5.11 Å². The lowest BCUT2D eigenvalue weighted by Crippen LogP contribution is -1.85. The second kappa shape index (κ2) is 3.17. The molecule has 0 aliphatic rings. The fourth-order valence-corrected chi connectivity index (χ4v) is 1.15. The van der Waals surface area contributed by atoms with Gasteiger partial charge in [-0.2, -0.15) is 0 Å². The summed E-state index contributed by atoms with van der Waals surface area (Å²) in [7, 11) is 0. The first-order valence-electron chi connectivity index (χ1n) is 2.98. The van der Waals surface area contributed by atoms with Crippen LogP contribution >= 0.6 is 15.9 Å². The van der Waals surface area contributed by atoms with Crippen LogP contribution in [-0.4, -0.2) is 5.11 Å². The Hall–Kier alpha value is -0.340. The highest BCUT2D eigenvalue weighted by atomic mass is 79.9. The summed E-state index contributed by atoms with van der Waals surface area (Å²) in [5.74, 6) is 0. The quantitative estimate of drug-likeness (QED) is 0.738. The van der Waals surface area contributed by atoms with E-state index in [0.29, 0.717) is 0 Å². The number of hydrogen-bond acceptors (Lipinski definition) is 1. The molecule has 0 aromatic heterocycles. The highest BCUT2D eigenvalue weighted by Gasteiger charge is 1.98. The normalized spacial score (nSPS) is 9.90. The molecule has 1 N–H and O–H groups in total. The molecule has 1 aromatic rings. The lowest BCUT2D eigenvalue weighted by atomic mass is 10.1. The van der Waals surface area contributed by atoms with Crippen molar-refractivity contribution < 1.29 is 5.11 Å². The van der Waals surface area contributed by atoms with Crippen LogP contribution in [0.15, 0.2) is 22.7 Å². The third-order valence-electron chi connectivity index (χ3n) is 1.45. The summed E-state index contributed by atoms with van der Waals surface area (Å²) >= 11 is 3.36. The number of hydrogen-bond donors (Lipinski definition) is 1. The van der Waals surface area contributed by atoms with E-state index in [9.17, 15) is 0 Å². The highest BCUT2D eigenvalue weighted by Crippen LogP contribution is 2.19. The molecule has 0 aliphatic heterocycles. The Kier molecular flexibility index (Phi) is 2.46. The van der Waals surface area contributed by atoms with E-state index in [1.54, 1.807) is 0 Å². The molecule has 10 heavy (non-hydrogen) atoms. The number of halogens is 1. The summed E-state index contributed by atoms with van der Waals surface area (Å²) in [6, 6.07) is 5.70. The highest BCUT2D eigenvalue weighted by molar-refractivity contribution is 9.10. The van der Waals surface area contributed by atoms with Gasteiger partial charge >= 0.3 is 0 Å². The van der Waals surface area contributed by atoms with Crippen LogP contribution in [0, 0.1) is 13.5 Å². The van der Waals surface area contributed by atoms with Crippen LogP contribution in [0.25, 0.3) is 0 Å². The van der Waals surface area contributed by atoms with Gasteiger partial charge in [0.05, 0.1) is 0 Å². The molecule has 1 radical (unpaired) electrons. The first-order chi connectivity index (χ1) is 4.75. The number of benzene rings is 1. The van der Waals surface area contributed by atoms with Crippen LogP contribution in [0.4, 0.5) is 0 Å². The van der Waals surface area contributed by atoms with E-state index in [1.807, 2.05) is 25.1 Å². The second-order valence-corrected chi connectivity index (χ2v) is 2.94. The maximum atomic E-state index is 8.70. The lowest BCUT2D eigenvalue weighted by molar-refractivity contribution is 0.414. The van der Waals surface area contributed by atoms with Gasteiger partial charge in [0.2, 0.25) is 0 Å². The SMILES string of the molecule is Cc1c(Br)cccc1[CH]O. The van der Waals surface area contributed by atoms with Gasteiger partial charge in [0, 0.05) is 4.47 Å². The molecule has 1 aromatic carbocycles. The summed E-state index contributed by atoms with van der Waals surface area (Å²) in [5, 5.41) is 8.70. The van der Waals surface area contributed by atoms with Crippen LogP contribution in [0.2, 0.25) is 0 Å². The molecule has 0 aliphatic carbocycles. The molecule has 0 spiro atoms. The number of aliphatic hydroxyl groups is 1. The van der Waals surface area contributed by atoms with Crippen molar-refractivity contribution in [1.29, 1.82) is 0 Å². The van der Waals surface area contributed by atoms with Crippen molar-refractivity contribution in [2.75, 3.05) is 0 Å². The molecule has 2 heteroatoms. The van der Waals surface area contributed by atoms with Crippen LogP contribution in [-0.2, 0) is 0 Å². The molecule has 0 atom stereocenters. The van der Waals surface area contributed by atoms with Crippen LogP contribution in [0.5, 0.6) is 0 Å². The first-order valence-corrected chi connectivity index (χ1v) is 3.77. The molecule has 1 nitrogen and oxygen atoms in total. The molecule has 0 amide bonds. The van der Waals surface area contributed by atoms with E-state index >= 15 is 0 Å². The van der Waals surface area contributed by atoms with Crippen LogP contribution in [0.3, 0.4) is 0 Å². The standard InChI is InChI=1S/C8H8BrO/c1-6-7(5-10)3-2-4-8(6)9/h2-5,10H,1H3. The molecule has 0 saturated carbocycles. The van der Waals surface area contributed by atoms with Crippen molar-refractivity contribution in [1.82, 2.24) is 0 Å². The van der Waals surface area contributed by atoms with Gasteiger partial charge in [-0.05, 0) is 24.1 Å². The minimum Gasteiger partial charge on any atom is -0.385 e. The topological polar surface area (TPSA) is 20.2 Å². The Bertz CT molecular complexity index is 233. The van der Waals surface area contributed by atoms with Crippen molar-refractivity contribution in [3.05, 3.63) is 40.4 Å². The Labute approximate surface area is 68.8 Å². The summed E-state index contributed by atoms with van der Waals surface area (Å²) < 4.78 is 1.02. The maximum absolute atomic E-state index is 8.70. The second-order valence-electron chi connectivity index (χ2n) is 2.08. The predicted molar refractivity (Wildman–Crippen MR) is 44.2 cm³/mol. The smallest absolute Gasteiger partial charge is 0.109 e. The molecule has 0 unspecified atom stereocenters. The molecule has 0 fully saturated rings.